The fourth-order valence-corrected chi connectivity index (χ4v) is 4.86. The first-order valence-corrected chi connectivity index (χ1v) is 11.2. The fraction of sp³-hybridized carbons (Fsp3) is 0.400. The number of carbonyl (C=O) groups is 1. The minimum Gasteiger partial charge on any atom is -0.497 e. The molecule has 0 spiro atoms. The van der Waals surface area contributed by atoms with E-state index < -0.39 is 0 Å². The van der Waals surface area contributed by atoms with Crippen LogP contribution in [0.25, 0.3) is 0 Å². The molecule has 32 heavy (non-hydrogen) atoms. The third kappa shape index (κ3) is 3.72. The van der Waals surface area contributed by atoms with Crippen LogP contribution in [0.3, 0.4) is 0 Å². The standard InChI is InChI=1S/C25H28N4O3/c1-32-21-9-7-18(8-10-21)17-29-22(26-27-24(29)31)19-11-15-28(16-12-19)23(30)25(13-14-25)20-5-3-2-4-6-20/h2-10,19H,11-17H2,1H3,(H,27,31). The number of hydrogen-bond acceptors (Lipinski definition) is 4. The summed E-state index contributed by atoms with van der Waals surface area (Å²) in [6.07, 6.45) is 3.47. The summed E-state index contributed by atoms with van der Waals surface area (Å²) in [4.78, 5) is 27.8. The summed E-state index contributed by atoms with van der Waals surface area (Å²) in [5, 5.41) is 6.96. The largest absolute Gasteiger partial charge is 0.497 e. The maximum atomic E-state index is 13.3. The SMILES string of the molecule is COc1ccc(Cn2c(C3CCN(C(=O)C4(c5ccccc5)CC4)CC3)n[nH]c2=O)cc1. The van der Waals surface area contributed by atoms with E-state index in [4.69, 9.17) is 4.74 Å². The molecule has 2 fully saturated rings. The molecule has 0 unspecified atom stereocenters. The Hall–Kier alpha value is -3.35. The second-order valence-corrected chi connectivity index (χ2v) is 8.84. The predicted molar refractivity (Wildman–Crippen MR) is 121 cm³/mol. The summed E-state index contributed by atoms with van der Waals surface area (Å²) in [5.74, 6) is 1.97. The lowest BCUT2D eigenvalue weighted by Crippen LogP contribution is -2.44. The van der Waals surface area contributed by atoms with Crippen molar-refractivity contribution >= 4 is 5.91 Å². The van der Waals surface area contributed by atoms with Gasteiger partial charge in [0.2, 0.25) is 5.91 Å². The number of aromatic nitrogens is 3. The zero-order valence-corrected chi connectivity index (χ0v) is 18.3. The Morgan fingerprint density at radius 2 is 1.78 bits per heavy atom. The number of nitrogens with zero attached hydrogens (tertiary/aromatic N) is 3. The summed E-state index contributed by atoms with van der Waals surface area (Å²) in [6.45, 7) is 1.86. The number of nitrogens with one attached hydrogen (secondary N) is 1. The van der Waals surface area contributed by atoms with Crippen molar-refractivity contribution in [1.82, 2.24) is 19.7 Å². The molecule has 7 heteroatoms. The van der Waals surface area contributed by atoms with Crippen molar-refractivity contribution in [3.05, 3.63) is 82.0 Å². The normalized spacial score (nSPS) is 17.8. The van der Waals surface area contributed by atoms with Crippen molar-refractivity contribution in [2.24, 2.45) is 0 Å². The number of rotatable bonds is 6. The molecule has 0 bridgehead atoms. The van der Waals surface area contributed by atoms with Crippen LogP contribution in [0, 0.1) is 0 Å². The van der Waals surface area contributed by atoms with Gasteiger partial charge in [-0.3, -0.25) is 9.36 Å². The van der Waals surface area contributed by atoms with Crippen LogP contribution in [-0.4, -0.2) is 45.8 Å². The van der Waals surface area contributed by atoms with E-state index in [0.29, 0.717) is 19.6 Å². The van der Waals surface area contributed by atoms with Gasteiger partial charge in [0, 0.05) is 19.0 Å². The van der Waals surface area contributed by atoms with Crippen LogP contribution in [0.4, 0.5) is 0 Å². The van der Waals surface area contributed by atoms with Crippen LogP contribution in [0.5, 0.6) is 5.75 Å². The molecule has 1 amide bonds. The van der Waals surface area contributed by atoms with Crippen molar-refractivity contribution in [3.8, 4) is 5.75 Å². The van der Waals surface area contributed by atoms with E-state index in [9.17, 15) is 9.59 Å². The number of aromatic amines is 1. The second-order valence-electron chi connectivity index (χ2n) is 8.84. The molecule has 1 aliphatic heterocycles. The van der Waals surface area contributed by atoms with Crippen LogP contribution in [0.1, 0.15) is 48.6 Å². The Kier molecular flexibility index (Phi) is 5.33. The van der Waals surface area contributed by atoms with Crippen molar-refractivity contribution < 1.29 is 9.53 Å². The summed E-state index contributed by atoms with van der Waals surface area (Å²) >= 11 is 0. The van der Waals surface area contributed by atoms with Gasteiger partial charge in [-0.25, -0.2) is 9.89 Å². The maximum Gasteiger partial charge on any atom is 0.343 e. The zero-order chi connectivity index (χ0) is 22.1. The highest BCUT2D eigenvalue weighted by Crippen LogP contribution is 2.50. The summed E-state index contributed by atoms with van der Waals surface area (Å²) < 4.78 is 6.93. The Morgan fingerprint density at radius 3 is 2.41 bits per heavy atom. The van der Waals surface area contributed by atoms with Crippen molar-refractivity contribution in [3.63, 3.8) is 0 Å². The van der Waals surface area contributed by atoms with Gasteiger partial charge < -0.3 is 9.64 Å². The maximum absolute atomic E-state index is 13.3. The Bertz CT molecular complexity index is 1140. The second kappa shape index (κ2) is 8.30. The number of H-pyrrole nitrogens is 1. The molecule has 1 aliphatic carbocycles. The summed E-state index contributed by atoms with van der Waals surface area (Å²) in [7, 11) is 1.63. The Labute approximate surface area is 187 Å². The fourth-order valence-electron chi connectivity index (χ4n) is 4.86. The van der Waals surface area contributed by atoms with E-state index in [0.717, 1.165) is 48.4 Å². The quantitative estimate of drug-likeness (QED) is 0.649. The number of hydrogen-bond donors (Lipinski definition) is 1. The highest BCUT2D eigenvalue weighted by atomic mass is 16.5. The van der Waals surface area contributed by atoms with E-state index in [1.54, 1.807) is 11.7 Å². The molecular formula is C25H28N4O3. The minimum atomic E-state index is -0.323. The first kappa shape index (κ1) is 20.5. The lowest BCUT2D eigenvalue weighted by molar-refractivity contribution is -0.135. The molecular weight excluding hydrogens is 404 g/mol. The van der Waals surface area contributed by atoms with E-state index in [2.05, 4.69) is 22.3 Å². The van der Waals surface area contributed by atoms with Gasteiger partial charge in [-0.15, -0.1) is 0 Å². The molecule has 1 saturated carbocycles. The number of ether oxygens (including phenoxy) is 1. The number of benzene rings is 2. The lowest BCUT2D eigenvalue weighted by atomic mass is 9.91. The minimum absolute atomic E-state index is 0.156. The van der Waals surface area contributed by atoms with Crippen molar-refractivity contribution in [2.45, 2.75) is 43.6 Å². The van der Waals surface area contributed by atoms with Crippen LogP contribution in [-0.2, 0) is 16.8 Å². The molecule has 7 nitrogen and oxygen atoms in total. The molecule has 1 aromatic heterocycles. The van der Waals surface area contributed by atoms with Gasteiger partial charge >= 0.3 is 5.69 Å². The number of carbonyl (C=O) groups excluding carboxylic acids is 1. The van der Waals surface area contributed by atoms with Crippen LogP contribution < -0.4 is 10.4 Å². The number of amides is 1. The van der Waals surface area contributed by atoms with Crippen molar-refractivity contribution in [1.29, 1.82) is 0 Å². The molecule has 3 aromatic rings. The van der Waals surface area contributed by atoms with Crippen molar-refractivity contribution in [2.75, 3.05) is 20.2 Å². The van der Waals surface area contributed by atoms with Crippen LogP contribution >= 0.6 is 0 Å². The highest BCUT2D eigenvalue weighted by molar-refractivity contribution is 5.91. The molecule has 0 radical (unpaired) electrons. The molecule has 2 heterocycles. The van der Waals surface area contributed by atoms with E-state index in [1.165, 1.54) is 0 Å². The third-order valence-corrected chi connectivity index (χ3v) is 6.92. The smallest absolute Gasteiger partial charge is 0.343 e. The molecule has 2 aliphatic rings. The van der Waals surface area contributed by atoms with Gasteiger partial charge in [-0.05, 0) is 48.9 Å². The summed E-state index contributed by atoms with van der Waals surface area (Å²) in [6, 6.07) is 17.9. The first-order valence-electron chi connectivity index (χ1n) is 11.2. The molecule has 1 N–H and O–H groups in total. The van der Waals surface area contributed by atoms with Crippen LogP contribution in [0.2, 0.25) is 0 Å². The van der Waals surface area contributed by atoms with Gasteiger partial charge in [-0.2, -0.15) is 5.10 Å². The van der Waals surface area contributed by atoms with Gasteiger partial charge in [0.1, 0.15) is 11.6 Å². The number of methoxy groups -OCH3 is 1. The average molecular weight is 433 g/mol. The van der Waals surface area contributed by atoms with Gasteiger partial charge in [0.05, 0.1) is 19.1 Å². The molecule has 166 valence electrons. The molecule has 0 atom stereocenters. The molecule has 2 aromatic carbocycles. The lowest BCUT2D eigenvalue weighted by Gasteiger charge is -2.34. The monoisotopic (exact) mass is 432 g/mol. The van der Waals surface area contributed by atoms with E-state index >= 15 is 0 Å². The first-order chi connectivity index (χ1) is 15.6. The van der Waals surface area contributed by atoms with E-state index in [1.807, 2.05) is 47.4 Å². The number of piperidine rings is 1. The van der Waals surface area contributed by atoms with Gasteiger partial charge in [0.15, 0.2) is 0 Å². The van der Waals surface area contributed by atoms with Gasteiger partial charge in [-0.1, -0.05) is 42.5 Å². The van der Waals surface area contributed by atoms with Crippen LogP contribution in [0.15, 0.2) is 59.4 Å². The zero-order valence-electron chi connectivity index (χ0n) is 18.3. The average Bonchev–Trinajstić information content (AvgIpc) is 3.59. The Balaban J connectivity index is 1.27. The molecule has 5 rings (SSSR count). The molecule has 1 saturated heterocycles. The predicted octanol–water partition coefficient (Wildman–Crippen LogP) is 3.07. The Morgan fingerprint density at radius 1 is 1.09 bits per heavy atom. The number of likely N-dealkylation sites (tertiary alicyclic amines) is 1. The highest BCUT2D eigenvalue weighted by Gasteiger charge is 2.53. The van der Waals surface area contributed by atoms with Gasteiger partial charge in [0.25, 0.3) is 0 Å². The third-order valence-electron chi connectivity index (χ3n) is 6.92. The summed E-state index contributed by atoms with van der Waals surface area (Å²) in [5.41, 5.74) is 1.63. The van der Waals surface area contributed by atoms with E-state index in [-0.39, 0.29) is 22.9 Å². The topological polar surface area (TPSA) is 80.2 Å².